The molecule has 4 heterocycles. The zero-order valence-corrected chi connectivity index (χ0v) is 73.3. The second-order valence-corrected chi connectivity index (χ2v) is 41.6. The second-order valence-electron chi connectivity index (χ2n) is 29.6. The molecule has 0 radical (unpaired) electrons. The van der Waals surface area contributed by atoms with Gasteiger partial charge in [0, 0.05) is 123 Å². The van der Waals surface area contributed by atoms with Gasteiger partial charge in [0.05, 0.1) is 79.3 Å². The van der Waals surface area contributed by atoms with Crippen molar-refractivity contribution in [2.24, 2.45) is 0 Å². The number of likely N-dealkylation sites (N-methyl/N-ethyl adjacent to an activating group) is 1. The quantitative estimate of drug-likeness (QED) is 0.0772. The highest BCUT2D eigenvalue weighted by Crippen LogP contribution is 2.42. The van der Waals surface area contributed by atoms with Crippen molar-refractivity contribution >= 4 is 87.1 Å². The van der Waals surface area contributed by atoms with Gasteiger partial charge in [0.25, 0.3) is 0 Å². The number of ether oxygens (including phenoxy) is 1. The van der Waals surface area contributed by atoms with Gasteiger partial charge in [0.15, 0.2) is 0 Å². The Morgan fingerprint density at radius 3 is 0.956 bits per heavy atom. The number of hydrogen-bond acceptors (Lipinski definition) is 20. The molecule has 0 aromatic heterocycles. The van der Waals surface area contributed by atoms with Gasteiger partial charge in [-0.15, -0.1) is 0 Å². The van der Waals surface area contributed by atoms with E-state index in [0.29, 0.717) is 126 Å². The van der Waals surface area contributed by atoms with Gasteiger partial charge in [0.1, 0.15) is 0 Å². The Kier molecular flexibility index (Phi) is 31.3. The van der Waals surface area contributed by atoms with Gasteiger partial charge >= 0.3 is 0 Å². The van der Waals surface area contributed by atoms with Gasteiger partial charge in [-0.25, -0.2) is 33.7 Å². The first-order valence-electron chi connectivity index (χ1n) is 38.2. The summed E-state index contributed by atoms with van der Waals surface area (Å²) in [5, 5.41) is 37.2. The number of benzene rings is 8. The Hall–Kier alpha value is -7.40. The fourth-order valence-electron chi connectivity index (χ4n) is 14.0. The van der Waals surface area contributed by atoms with Gasteiger partial charge in [-0.05, 0) is 257 Å². The van der Waals surface area contributed by atoms with Gasteiger partial charge in [-0.1, -0.05) is 108 Å². The molecule has 4 aliphatic heterocycles. The maximum atomic E-state index is 13.6. The van der Waals surface area contributed by atoms with Crippen LogP contribution in [0.1, 0.15) is 112 Å². The van der Waals surface area contributed by atoms with Crippen molar-refractivity contribution in [2.75, 3.05) is 113 Å². The molecule has 0 atom stereocenters. The maximum Gasteiger partial charge on any atom is 0.244 e. The second kappa shape index (κ2) is 40.2. The fraction of sp³-hybridized carbons (Fsp3) is 0.395. The molecule has 8 aromatic carbocycles. The predicted molar refractivity (Wildman–Crippen MR) is 453 cm³/mol. The average molecular weight is 1690 g/mol. The van der Waals surface area contributed by atoms with E-state index in [1.54, 1.807) is 61.4 Å². The Balaban J connectivity index is 0.000000161. The number of sulfonamides is 4. The molecule has 0 spiro atoms. The van der Waals surface area contributed by atoms with Crippen LogP contribution in [0.2, 0.25) is 0 Å². The van der Waals surface area contributed by atoms with Crippen LogP contribution in [0.3, 0.4) is 0 Å². The molecule has 13 rings (SSSR count). The Labute approximate surface area is 693 Å². The van der Waals surface area contributed by atoms with Crippen LogP contribution < -0.4 is 0 Å². The summed E-state index contributed by atoms with van der Waals surface area (Å²) >= 11 is 5.77. The molecule has 5 fully saturated rings. The lowest BCUT2D eigenvalue weighted by molar-refractivity contribution is 0.0729. The van der Waals surface area contributed by atoms with Crippen LogP contribution in [-0.2, 0) is 44.8 Å². The molecule has 0 N–H and O–H groups in total. The highest BCUT2D eigenvalue weighted by atomic mass is 32.2. The molecule has 8 aromatic rings. The van der Waals surface area contributed by atoms with E-state index < -0.39 is 40.1 Å². The third kappa shape index (κ3) is 22.7. The zero-order valence-electron chi connectivity index (χ0n) is 66.7. The Morgan fingerprint density at radius 1 is 0.342 bits per heavy atom. The molecule has 1 aliphatic carbocycles. The monoisotopic (exact) mass is 1690 g/mol. The smallest absolute Gasteiger partial charge is 0.244 e. The number of aryl methyl sites for hydroxylation is 8. The molecule has 0 bridgehead atoms. The minimum absolute atomic E-state index is 0.185. The summed E-state index contributed by atoms with van der Waals surface area (Å²) in [6.45, 7) is 23.7. The highest BCUT2D eigenvalue weighted by molar-refractivity contribution is 8.01. The fourth-order valence-corrected chi connectivity index (χ4v) is 25.9. The third-order valence-corrected chi connectivity index (χ3v) is 34.1. The minimum Gasteiger partial charge on any atom is -0.379 e. The van der Waals surface area contributed by atoms with E-state index in [2.05, 4.69) is 63.2 Å². The molecular weight excluding hydrogens is 1590 g/mol. The molecule has 5 aliphatic rings. The predicted octanol–water partition coefficient (Wildman–Crippen LogP) is 15.6. The van der Waals surface area contributed by atoms with Crippen LogP contribution in [-0.4, -0.2) is 191 Å². The largest absolute Gasteiger partial charge is 0.379 e. The van der Waals surface area contributed by atoms with E-state index in [1.807, 2.05) is 125 Å². The number of nitrogens with zero attached hydrogens (tertiary/aromatic N) is 11. The molecule has 114 heavy (non-hydrogen) atoms. The first kappa shape index (κ1) is 89.0. The van der Waals surface area contributed by atoms with Crippen molar-refractivity contribution in [2.45, 2.75) is 171 Å². The van der Waals surface area contributed by atoms with Crippen molar-refractivity contribution in [1.29, 1.82) is 21.0 Å². The lowest BCUT2D eigenvalue weighted by Crippen LogP contribution is -2.51. The number of morpholine rings is 1. The normalized spacial score (nSPS) is 16.8. The highest BCUT2D eigenvalue weighted by Gasteiger charge is 2.37. The van der Waals surface area contributed by atoms with Crippen LogP contribution in [0.5, 0.6) is 0 Å². The summed E-state index contributed by atoms with van der Waals surface area (Å²) in [5.41, 5.74) is 10.3. The SMILES string of the molecule is Cc1ccc(C)c(Sc2ccc(C#N)cc2S(=O)(=O)N2CCC(N(C)C)CC2)c1.Cc1ccc(C)c(Sc2ccc(C#N)cc2S(=O)(=O)N2CCCN(C)CC2)c1.Cc1ccc(C)c(Sc2ccc(C#N)cc2S(=O)(=O)N2CCN(C3CCCC3)CC2)c1.Cc1ccc(C)c(Sc2ccc(C#N)cc2S(=O)(=O)N2CCOCC2)c1. The molecule has 602 valence electrons. The first-order valence-corrected chi connectivity index (χ1v) is 47.2. The summed E-state index contributed by atoms with van der Waals surface area (Å²) in [4.78, 5) is 14.3. The van der Waals surface area contributed by atoms with Crippen molar-refractivity contribution in [3.05, 3.63) is 212 Å². The summed E-state index contributed by atoms with van der Waals surface area (Å²) in [5.74, 6) is 0. The van der Waals surface area contributed by atoms with Crippen LogP contribution >= 0.6 is 47.0 Å². The van der Waals surface area contributed by atoms with Gasteiger partial charge in [0.2, 0.25) is 40.1 Å². The third-order valence-electron chi connectivity index (χ3n) is 20.9. The minimum atomic E-state index is -3.69. The van der Waals surface area contributed by atoms with Crippen molar-refractivity contribution in [3.8, 4) is 24.3 Å². The molecule has 4 saturated heterocycles. The number of piperazine rings is 1. The van der Waals surface area contributed by atoms with Gasteiger partial charge in [-0.2, -0.15) is 38.3 Å². The Bertz CT molecular complexity index is 5440. The number of rotatable bonds is 18. The number of hydrogen-bond donors (Lipinski definition) is 0. The Morgan fingerprint density at radius 2 is 0.640 bits per heavy atom. The van der Waals surface area contributed by atoms with Gasteiger partial charge < -0.3 is 14.5 Å². The standard InChI is InChI=1S/C24H29N3O2S2.C22H27N3O2S2.C21H25N3O2S2.C19H20N2O3S2/c1-18-7-8-19(2)23(15-18)30-22-10-9-20(17-25)16-24(22)31(28,29)27-13-11-26(12-14-27)21-5-3-4-6-21;1-16-5-6-17(2)21(13-16)28-20-8-7-18(15-23)14-22(20)29(26,27)25-11-9-19(10-12-25)24(3)4;1-16-5-6-17(2)20(13-16)27-19-8-7-18(15-22)14-21(19)28(25,26)24-10-4-9-23(3)11-12-24;1-14-3-4-15(2)18(11-14)25-17-6-5-16(13-20)12-19(17)26(22,23)21-7-9-24-10-8-21/h7-10,15-16,21H,3-6,11-14H2,1-2H3;5-8,13-14,19H,9-12H2,1-4H3;5-8,13-14H,4,9-12H2,1-3H3;3-6,11-12H,7-10H2,1-2H3. The lowest BCUT2D eigenvalue weighted by Gasteiger charge is -2.37. The van der Waals surface area contributed by atoms with E-state index in [0.717, 1.165) is 103 Å². The van der Waals surface area contributed by atoms with Gasteiger partial charge in [-0.3, -0.25) is 4.90 Å². The van der Waals surface area contributed by atoms with Crippen molar-refractivity contribution in [1.82, 2.24) is 31.9 Å². The van der Waals surface area contributed by atoms with Crippen molar-refractivity contribution < 1.29 is 38.4 Å². The maximum absolute atomic E-state index is 13.6. The molecule has 0 amide bonds. The van der Waals surface area contributed by atoms with E-state index >= 15 is 0 Å². The summed E-state index contributed by atoms with van der Waals surface area (Å²) in [7, 11) is -8.65. The molecular formula is C86H101N11O9S8. The molecule has 0 unspecified atom stereocenters. The summed E-state index contributed by atoms with van der Waals surface area (Å²) in [6, 6.07) is 53.6. The van der Waals surface area contributed by atoms with E-state index in [-0.39, 0.29) is 19.6 Å². The van der Waals surface area contributed by atoms with Crippen molar-refractivity contribution in [3.63, 3.8) is 0 Å². The average Bonchev–Trinajstić information content (AvgIpc) is 0.893. The van der Waals surface area contributed by atoms with Crippen LogP contribution in [0.25, 0.3) is 0 Å². The first-order chi connectivity index (χ1) is 54.3. The lowest BCUT2D eigenvalue weighted by atomic mass is 10.1. The summed E-state index contributed by atoms with van der Waals surface area (Å²) < 4.78 is 119. The molecule has 1 saturated carbocycles. The molecule has 28 heteroatoms. The zero-order chi connectivity index (χ0) is 82.2. The van der Waals surface area contributed by atoms with E-state index in [4.69, 9.17) is 4.74 Å². The topological polar surface area (TPSA) is 264 Å². The van der Waals surface area contributed by atoms with E-state index in [9.17, 15) is 54.7 Å². The van der Waals surface area contributed by atoms with Crippen LogP contribution in [0.15, 0.2) is 204 Å². The number of nitriles is 4. The van der Waals surface area contributed by atoms with E-state index in [1.165, 1.54) is 101 Å². The molecule has 20 nitrogen and oxygen atoms in total. The number of piperidine rings is 1. The van der Waals surface area contributed by atoms with Crippen LogP contribution in [0, 0.1) is 101 Å². The summed E-state index contributed by atoms with van der Waals surface area (Å²) in [6.07, 6.45) is 7.44. The van der Waals surface area contributed by atoms with Crippen LogP contribution in [0.4, 0.5) is 0 Å².